The SMILES string of the molecule is Cc1cccc(OCCN2C(=O)C(C)Oc3cc(NC(=O)c4cccc(Cl)c4)ccc32)c1. The number of anilines is 2. The maximum atomic E-state index is 12.7. The summed E-state index contributed by atoms with van der Waals surface area (Å²) in [5.74, 6) is 0.867. The van der Waals surface area contributed by atoms with E-state index in [0.29, 0.717) is 40.9 Å². The van der Waals surface area contributed by atoms with Crippen molar-refractivity contribution in [1.82, 2.24) is 0 Å². The Morgan fingerprint density at radius 1 is 1.12 bits per heavy atom. The molecule has 1 N–H and O–H groups in total. The normalized spacial score (nSPS) is 15.0. The molecule has 1 unspecified atom stereocenters. The Morgan fingerprint density at radius 2 is 1.94 bits per heavy atom. The van der Waals surface area contributed by atoms with Gasteiger partial charge in [-0.05, 0) is 61.9 Å². The van der Waals surface area contributed by atoms with Crippen molar-refractivity contribution in [2.75, 3.05) is 23.4 Å². The van der Waals surface area contributed by atoms with Crippen molar-refractivity contribution >= 4 is 34.8 Å². The summed E-state index contributed by atoms with van der Waals surface area (Å²) in [7, 11) is 0. The van der Waals surface area contributed by atoms with Gasteiger partial charge in [0.05, 0.1) is 12.2 Å². The lowest BCUT2D eigenvalue weighted by Crippen LogP contribution is -2.46. The molecular formula is C25H23ClN2O4. The second-order valence-electron chi connectivity index (χ2n) is 7.56. The van der Waals surface area contributed by atoms with Crippen LogP contribution in [-0.4, -0.2) is 31.1 Å². The summed E-state index contributed by atoms with van der Waals surface area (Å²) in [6, 6.07) is 19.7. The molecule has 7 heteroatoms. The number of carbonyl (C=O) groups is 2. The quantitative estimate of drug-likeness (QED) is 0.567. The van der Waals surface area contributed by atoms with E-state index in [1.807, 2.05) is 31.2 Å². The fourth-order valence-corrected chi connectivity index (χ4v) is 3.70. The summed E-state index contributed by atoms with van der Waals surface area (Å²) < 4.78 is 11.6. The molecule has 1 atom stereocenters. The zero-order valence-corrected chi connectivity index (χ0v) is 18.6. The van der Waals surface area contributed by atoms with Gasteiger partial charge < -0.3 is 19.7 Å². The van der Waals surface area contributed by atoms with Gasteiger partial charge in [-0.3, -0.25) is 9.59 Å². The summed E-state index contributed by atoms with van der Waals surface area (Å²) in [6.07, 6.45) is -0.639. The maximum Gasteiger partial charge on any atom is 0.267 e. The number of amides is 2. The van der Waals surface area contributed by atoms with E-state index in [1.54, 1.807) is 54.3 Å². The molecule has 0 saturated heterocycles. The van der Waals surface area contributed by atoms with Gasteiger partial charge in [-0.25, -0.2) is 0 Å². The monoisotopic (exact) mass is 450 g/mol. The summed E-state index contributed by atoms with van der Waals surface area (Å²) in [5.41, 5.74) is 2.76. The van der Waals surface area contributed by atoms with Crippen LogP contribution in [0.15, 0.2) is 66.7 Å². The molecular weight excluding hydrogens is 428 g/mol. The van der Waals surface area contributed by atoms with Crippen molar-refractivity contribution in [3.8, 4) is 11.5 Å². The van der Waals surface area contributed by atoms with Gasteiger partial charge in [0.1, 0.15) is 18.1 Å². The molecule has 164 valence electrons. The van der Waals surface area contributed by atoms with E-state index in [9.17, 15) is 9.59 Å². The molecule has 0 aromatic heterocycles. The van der Waals surface area contributed by atoms with Crippen molar-refractivity contribution < 1.29 is 19.1 Å². The highest BCUT2D eigenvalue weighted by molar-refractivity contribution is 6.31. The topological polar surface area (TPSA) is 67.9 Å². The Morgan fingerprint density at radius 3 is 2.72 bits per heavy atom. The second-order valence-corrected chi connectivity index (χ2v) is 8.00. The smallest absolute Gasteiger partial charge is 0.267 e. The van der Waals surface area contributed by atoms with Crippen LogP contribution in [0.3, 0.4) is 0 Å². The second kappa shape index (κ2) is 9.32. The van der Waals surface area contributed by atoms with Crippen molar-refractivity contribution in [3.63, 3.8) is 0 Å². The van der Waals surface area contributed by atoms with Gasteiger partial charge in [-0.1, -0.05) is 29.8 Å². The molecule has 4 rings (SSSR count). The third-order valence-electron chi connectivity index (χ3n) is 5.09. The standard InChI is InChI=1S/C25H23ClN2O4/c1-16-5-3-8-21(13-16)31-12-11-28-22-10-9-20(15-23(22)32-17(2)25(28)30)27-24(29)18-6-4-7-19(26)14-18/h3-10,13-15,17H,11-12H2,1-2H3,(H,27,29). The van der Waals surface area contributed by atoms with E-state index in [1.165, 1.54) is 0 Å². The first-order valence-electron chi connectivity index (χ1n) is 10.3. The lowest BCUT2D eigenvalue weighted by Gasteiger charge is -2.33. The van der Waals surface area contributed by atoms with Crippen LogP contribution in [0, 0.1) is 6.92 Å². The number of hydrogen-bond donors (Lipinski definition) is 1. The van der Waals surface area contributed by atoms with Gasteiger partial charge >= 0.3 is 0 Å². The van der Waals surface area contributed by atoms with Crippen LogP contribution < -0.4 is 19.7 Å². The Labute approximate surface area is 191 Å². The minimum atomic E-state index is -0.639. The molecule has 6 nitrogen and oxygen atoms in total. The molecule has 1 heterocycles. The molecule has 0 fully saturated rings. The van der Waals surface area contributed by atoms with Gasteiger partial charge in [-0.2, -0.15) is 0 Å². The van der Waals surface area contributed by atoms with Gasteiger partial charge in [0.2, 0.25) is 0 Å². The summed E-state index contributed by atoms with van der Waals surface area (Å²) >= 11 is 5.97. The molecule has 0 bridgehead atoms. The van der Waals surface area contributed by atoms with Crippen molar-refractivity contribution in [2.24, 2.45) is 0 Å². The number of aryl methyl sites for hydroxylation is 1. The third kappa shape index (κ3) is 4.86. The third-order valence-corrected chi connectivity index (χ3v) is 5.32. The number of nitrogens with zero attached hydrogens (tertiary/aromatic N) is 1. The number of fused-ring (bicyclic) bond motifs is 1. The molecule has 0 saturated carbocycles. The zero-order valence-electron chi connectivity index (χ0n) is 17.8. The van der Waals surface area contributed by atoms with E-state index in [2.05, 4.69) is 5.32 Å². The van der Waals surface area contributed by atoms with E-state index in [0.717, 1.165) is 11.3 Å². The highest BCUT2D eigenvalue weighted by atomic mass is 35.5. The average Bonchev–Trinajstić information content (AvgIpc) is 2.76. The number of hydrogen-bond acceptors (Lipinski definition) is 4. The predicted octanol–water partition coefficient (Wildman–Crippen LogP) is 5.09. The summed E-state index contributed by atoms with van der Waals surface area (Å²) in [4.78, 5) is 26.9. The molecule has 2 amide bonds. The fourth-order valence-electron chi connectivity index (χ4n) is 3.51. The predicted molar refractivity (Wildman–Crippen MR) is 125 cm³/mol. The largest absolute Gasteiger partial charge is 0.492 e. The lowest BCUT2D eigenvalue weighted by molar-refractivity contribution is -0.125. The number of carbonyl (C=O) groups excluding carboxylic acids is 2. The van der Waals surface area contributed by atoms with Crippen molar-refractivity contribution in [3.05, 3.63) is 82.9 Å². The van der Waals surface area contributed by atoms with Crippen LogP contribution in [0.2, 0.25) is 5.02 Å². The first-order valence-corrected chi connectivity index (χ1v) is 10.7. The Bertz CT molecular complexity index is 1160. The number of halogens is 1. The highest BCUT2D eigenvalue weighted by Crippen LogP contribution is 2.36. The van der Waals surface area contributed by atoms with Crippen LogP contribution in [-0.2, 0) is 4.79 Å². The van der Waals surface area contributed by atoms with E-state index in [-0.39, 0.29) is 11.8 Å². The number of benzene rings is 3. The Balaban J connectivity index is 1.48. The first kappa shape index (κ1) is 21.7. The Hall–Kier alpha value is -3.51. The molecule has 3 aromatic rings. The van der Waals surface area contributed by atoms with Gasteiger partial charge in [-0.15, -0.1) is 0 Å². The fraction of sp³-hybridized carbons (Fsp3) is 0.200. The van der Waals surface area contributed by atoms with Crippen LogP contribution in [0.1, 0.15) is 22.8 Å². The van der Waals surface area contributed by atoms with E-state index in [4.69, 9.17) is 21.1 Å². The first-order chi connectivity index (χ1) is 15.4. The maximum absolute atomic E-state index is 12.7. The molecule has 3 aromatic carbocycles. The number of rotatable bonds is 6. The average molecular weight is 451 g/mol. The van der Waals surface area contributed by atoms with Crippen LogP contribution in [0.25, 0.3) is 0 Å². The van der Waals surface area contributed by atoms with Crippen molar-refractivity contribution in [2.45, 2.75) is 20.0 Å². The Kier molecular flexibility index (Phi) is 6.32. The van der Waals surface area contributed by atoms with E-state index < -0.39 is 6.10 Å². The molecule has 0 radical (unpaired) electrons. The molecule has 1 aliphatic heterocycles. The zero-order chi connectivity index (χ0) is 22.7. The van der Waals surface area contributed by atoms with Crippen LogP contribution >= 0.6 is 11.6 Å². The minimum Gasteiger partial charge on any atom is -0.492 e. The number of ether oxygens (including phenoxy) is 2. The molecule has 0 aliphatic carbocycles. The van der Waals surface area contributed by atoms with Gasteiger partial charge in [0.15, 0.2) is 6.10 Å². The molecule has 32 heavy (non-hydrogen) atoms. The summed E-state index contributed by atoms with van der Waals surface area (Å²) in [5, 5.41) is 3.33. The lowest BCUT2D eigenvalue weighted by atomic mass is 10.1. The van der Waals surface area contributed by atoms with Gasteiger partial charge in [0, 0.05) is 22.3 Å². The molecule has 1 aliphatic rings. The highest BCUT2D eigenvalue weighted by Gasteiger charge is 2.31. The number of nitrogens with one attached hydrogen (secondary N) is 1. The van der Waals surface area contributed by atoms with Crippen LogP contribution in [0.5, 0.6) is 11.5 Å². The van der Waals surface area contributed by atoms with Crippen LogP contribution in [0.4, 0.5) is 11.4 Å². The van der Waals surface area contributed by atoms with E-state index >= 15 is 0 Å². The molecule has 0 spiro atoms. The minimum absolute atomic E-state index is 0.138. The van der Waals surface area contributed by atoms with Crippen molar-refractivity contribution in [1.29, 1.82) is 0 Å². The summed E-state index contributed by atoms with van der Waals surface area (Å²) in [6.45, 7) is 4.42. The van der Waals surface area contributed by atoms with Gasteiger partial charge in [0.25, 0.3) is 11.8 Å².